The molecule has 1 aliphatic rings. The molecule has 4 aromatic rings. The SMILES string of the molecule is Cl.Cl.O=C(c1cc(C(F)(F)F)cc(C(F)(F)F)c1)N1CCN(Cc2cccnc2)CC1Cc1ccc2ccccc2c1. The first-order valence-corrected chi connectivity index (χ1v) is 12.7. The molecule has 1 amide bonds. The van der Waals surface area contributed by atoms with Crippen LogP contribution in [0.15, 0.2) is 85.2 Å². The van der Waals surface area contributed by atoms with E-state index in [4.69, 9.17) is 0 Å². The molecule has 0 bridgehead atoms. The van der Waals surface area contributed by atoms with Gasteiger partial charge in [-0.05, 0) is 52.6 Å². The molecule has 1 saturated heterocycles. The topological polar surface area (TPSA) is 36.4 Å². The van der Waals surface area contributed by atoms with Crippen LogP contribution in [0.25, 0.3) is 10.8 Å². The van der Waals surface area contributed by atoms with Crippen molar-refractivity contribution in [1.82, 2.24) is 14.8 Å². The zero-order valence-electron chi connectivity index (χ0n) is 22.0. The maximum absolute atomic E-state index is 13.6. The highest BCUT2D eigenvalue weighted by Gasteiger charge is 2.39. The van der Waals surface area contributed by atoms with Crippen LogP contribution in [-0.2, 0) is 25.3 Å². The number of carbonyl (C=O) groups excluding carboxylic acids is 1. The fourth-order valence-electron chi connectivity index (χ4n) is 5.14. The van der Waals surface area contributed by atoms with Gasteiger partial charge in [-0.25, -0.2) is 0 Å². The molecular weight excluding hydrogens is 603 g/mol. The van der Waals surface area contributed by atoms with E-state index in [0.717, 1.165) is 21.9 Å². The minimum Gasteiger partial charge on any atom is -0.333 e. The van der Waals surface area contributed by atoms with Gasteiger partial charge in [-0.2, -0.15) is 26.3 Å². The number of hydrogen-bond acceptors (Lipinski definition) is 3. The van der Waals surface area contributed by atoms with Crippen LogP contribution in [0.3, 0.4) is 0 Å². The van der Waals surface area contributed by atoms with Crippen molar-refractivity contribution in [3.8, 4) is 0 Å². The van der Waals surface area contributed by atoms with Gasteiger partial charge in [0.05, 0.1) is 11.1 Å². The summed E-state index contributed by atoms with van der Waals surface area (Å²) >= 11 is 0. The predicted molar refractivity (Wildman–Crippen MR) is 153 cm³/mol. The first-order chi connectivity index (χ1) is 19.0. The van der Waals surface area contributed by atoms with E-state index < -0.39 is 41.0 Å². The maximum Gasteiger partial charge on any atom is 0.416 e. The molecule has 5 rings (SSSR count). The van der Waals surface area contributed by atoms with E-state index in [0.29, 0.717) is 38.2 Å². The van der Waals surface area contributed by atoms with Gasteiger partial charge in [0, 0.05) is 50.2 Å². The van der Waals surface area contributed by atoms with Gasteiger partial charge in [-0.15, -0.1) is 24.8 Å². The Morgan fingerprint density at radius 1 is 0.786 bits per heavy atom. The number of benzene rings is 3. The number of fused-ring (bicyclic) bond motifs is 1. The van der Waals surface area contributed by atoms with Crippen LogP contribution < -0.4 is 0 Å². The molecule has 42 heavy (non-hydrogen) atoms. The first kappa shape index (κ1) is 33.2. The van der Waals surface area contributed by atoms with E-state index in [1.54, 1.807) is 12.4 Å². The van der Waals surface area contributed by atoms with Gasteiger partial charge in [0.15, 0.2) is 0 Å². The van der Waals surface area contributed by atoms with Gasteiger partial charge in [0.25, 0.3) is 5.91 Å². The number of hydrogen-bond donors (Lipinski definition) is 0. The van der Waals surface area contributed by atoms with Crippen LogP contribution in [0.5, 0.6) is 0 Å². The summed E-state index contributed by atoms with van der Waals surface area (Å²) in [6.07, 6.45) is -6.30. The summed E-state index contributed by atoms with van der Waals surface area (Å²) in [4.78, 5) is 21.2. The Morgan fingerprint density at radius 3 is 2.07 bits per heavy atom. The van der Waals surface area contributed by atoms with Gasteiger partial charge in [-0.1, -0.05) is 48.5 Å². The summed E-state index contributed by atoms with van der Waals surface area (Å²) in [5.41, 5.74) is -1.78. The highest BCUT2D eigenvalue weighted by Crippen LogP contribution is 2.37. The molecule has 0 saturated carbocycles. The fraction of sp³-hybridized carbons (Fsp3) is 0.267. The quantitative estimate of drug-likeness (QED) is 0.212. The summed E-state index contributed by atoms with van der Waals surface area (Å²) in [5.74, 6) is -0.858. The van der Waals surface area contributed by atoms with E-state index in [2.05, 4.69) is 9.88 Å². The Kier molecular flexibility index (Phi) is 10.5. The van der Waals surface area contributed by atoms with Crippen LogP contribution in [0.1, 0.15) is 32.6 Å². The third-order valence-corrected chi connectivity index (χ3v) is 7.08. The van der Waals surface area contributed by atoms with Crippen molar-refractivity contribution in [1.29, 1.82) is 0 Å². The Hall–Kier alpha value is -3.34. The molecule has 0 N–H and O–H groups in total. The van der Waals surface area contributed by atoms with Crippen molar-refractivity contribution < 1.29 is 31.1 Å². The van der Waals surface area contributed by atoms with E-state index in [1.165, 1.54) is 4.90 Å². The molecule has 4 nitrogen and oxygen atoms in total. The largest absolute Gasteiger partial charge is 0.416 e. The lowest BCUT2D eigenvalue weighted by molar-refractivity contribution is -0.143. The fourth-order valence-corrected chi connectivity index (χ4v) is 5.14. The lowest BCUT2D eigenvalue weighted by Gasteiger charge is -2.42. The Morgan fingerprint density at radius 2 is 1.45 bits per heavy atom. The number of rotatable bonds is 5. The van der Waals surface area contributed by atoms with Crippen LogP contribution in [0.2, 0.25) is 0 Å². The first-order valence-electron chi connectivity index (χ1n) is 12.7. The molecule has 0 aliphatic carbocycles. The molecule has 1 unspecified atom stereocenters. The van der Waals surface area contributed by atoms with Crippen molar-refractivity contribution in [2.24, 2.45) is 0 Å². The summed E-state index contributed by atoms with van der Waals surface area (Å²) < 4.78 is 80.9. The lowest BCUT2D eigenvalue weighted by atomic mass is 9.97. The van der Waals surface area contributed by atoms with Crippen LogP contribution >= 0.6 is 24.8 Å². The molecule has 0 radical (unpaired) electrons. The summed E-state index contributed by atoms with van der Waals surface area (Å²) in [6.45, 7) is 1.49. The third-order valence-electron chi connectivity index (χ3n) is 7.08. The molecule has 2 heterocycles. The number of carbonyl (C=O) groups is 1. The molecule has 1 atom stereocenters. The number of pyridine rings is 1. The Bertz CT molecular complexity index is 1480. The molecule has 224 valence electrons. The molecule has 1 fully saturated rings. The zero-order valence-corrected chi connectivity index (χ0v) is 23.7. The molecule has 1 aromatic heterocycles. The van der Waals surface area contributed by atoms with Crippen molar-refractivity contribution in [3.63, 3.8) is 0 Å². The molecule has 0 spiro atoms. The number of nitrogens with zero attached hydrogens (tertiary/aromatic N) is 3. The summed E-state index contributed by atoms with van der Waals surface area (Å²) in [6, 6.07) is 17.9. The molecule has 1 aliphatic heterocycles. The van der Waals surface area contributed by atoms with E-state index in [9.17, 15) is 31.1 Å². The second-order valence-electron chi connectivity index (χ2n) is 9.93. The van der Waals surface area contributed by atoms with Crippen LogP contribution in [-0.4, -0.2) is 46.4 Å². The Labute approximate surface area is 251 Å². The van der Waals surface area contributed by atoms with Gasteiger partial charge in [0.1, 0.15) is 0 Å². The number of aromatic nitrogens is 1. The highest BCUT2D eigenvalue weighted by molar-refractivity contribution is 5.95. The van der Waals surface area contributed by atoms with Gasteiger partial charge < -0.3 is 4.90 Å². The minimum absolute atomic E-state index is 0. The molecule has 3 aromatic carbocycles. The van der Waals surface area contributed by atoms with E-state index in [1.807, 2.05) is 54.6 Å². The number of piperazine rings is 1. The van der Waals surface area contributed by atoms with Gasteiger partial charge in [-0.3, -0.25) is 14.7 Å². The standard InChI is InChI=1S/C30H25F6N3O.2ClH/c31-29(32,33)25-14-24(15-26(16-25)30(34,35)36)28(40)39-11-10-38(18-21-4-3-9-37-17-21)19-27(39)13-20-7-8-22-5-1-2-6-23(22)12-20;;/h1-9,12,14-17,27H,10-11,13,18-19H2;2*1H. The number of amides is 1. The van der Waals surface area contributed by atoms with E-state index >= 15 is 0 Å². The smallest absolute Gasteiger partial charge is 0.333 e. The highest BCUT2D eigenvalue weighted by atomic mass is 35.5. The molecular formula is C30H27Cl2F6N3O. The maximum atomic E-state index is 13.6. The Balaban J connectivity index is 0.00000242. The van der Waals surface area contributed by atoms with Crippen LogP contribution in [0, 0.1) is 0 Å². The third kappa shape index (κ3) is 7.73. The van der Waals surface area contributed by atoms with Crippen LogP contribution in [0.4, 0.5) is 26.3 Å². The normalized spacial score (nSPS) is 16.0. The second kappa shape index (κ2) is 13.3. The summed E-state index contributed by atoms with van der Waals surface area (Å²) in [5, 5.41) is 2.03. The van der Waals surface area contributed by atoms with Gasteiger partial charge in [0.2, 0.25) is 0 Å². The summed E-state index contributed by atoms with van der Waals surface area (Å²) in [7, 11) is 0. The van der Waals surface area contributed by atoms with Crippen molar-refractivity contribution in [2.75, 3.05) is 19.6 Å². The van der Waals surface area contributed by atoms with Crippen molar-refractivity contribution in [2.45, 2.75) is 31.4 Å². The zero-order chi connectivity index (χ0) is 28.5. The monoisotopic (exact) mass is 629 g/mol. The van der Waals surface area contributed by atoms with Crippen molar-refractivity contribution >= 4 is 41.5 Å². The number of halogens is 8. The van der Waals surface area contributed by atoms with Gasteiger partial charge >= 0.3 is 12.4 Å². The minimum atomic E-state index is -5.04. The number of alkyl halides is 6. The average molecular weight is 630 g/mol. The molecule has 12 heteroatoms. The van der Waals surface area contributed by atoms with Crippen molar-refractivity contribution in [3.05, 3.63) is 113 Å². The van der Waals surface area contributed by atoms with E-state index in [-0.39, 0.29) is 37.4 Å². The second-order valence-corrected chi connectivity index (χ2v) is 9.93. The lowest BCUT2D eigenvalue weighted by Crippen LogP contribution is -2.55. The average Bonchev–Trinajstić information content (AvgIpc) is 2.92. The predicted octanol–water partition coefficient (Wildman–Crippen LogP) is 7.69.